The summed E-state index contributed by atoms with van der Waals surface area (Å²) >= 11 is 3.41. The van der Waals surface area contributed by atoms with Crippen molar-refractivity contribution >= 4 is 27.5 Å². The van der Waals surface area contributed by atoms with Crippen LogP contribution in [-0.4, -0.2) is 23.9 Å². The Morgan fingerprint density at radius 1 is 1.13 bits per heavy atom. The Balaban J connectivity index is 1.57. The Bertz CT molecular complexity index is 642. The summed E-state index contributed by atoms with van der Waals surface area (Å²) in [6.45, 7) is 2.82. The van der Waals surface area contributed by atoms with Gasteiger partial charge in [-0.2, -0.15) is 0 Å². The van der Waals surface area contributed by atoms with Crippen molar-refractivity contribution in [2.75, 3.05) is 18.4 Å². The molecule has 1 aliphatic rings. The van der Waals surface area contributed by atoms with Gasteiger partial charge < -0.3 is 5.32 Å². The van der Waals surface area contributed by atoms with Crippen LogP contribution in [0.4, 0.5) is 5.69 Å². The molecule has 23 heavy (non-hydrogen) atoms. The number of carbonyl (C=O) groups excluding carboxylic acids is 1. The number of carbonyl (C=O) groups is 1. The maximum absolute atomic E-state index is 12.5. The zero-order valence-corrected chi connectivity index (χ0v) is 14.6. The molecule has 1 unspecified atom stereocenters. The largest absolute Gasteiger partial charge is 0.326 e. The summed E-state index contributed by atoms with van der Waals surface area (Å²) in [6.07, 6.45) is 2.04. The lowest BCUT2D eigenvalue weighted by Crippen LogP contribution is -2.40. The monoisotopic (exact) mass is 372 g/mol. The summed E-state index contributed by atoms with van der Waals surface area (Å²) in [5, 5.41) is 3.04. The van der Waals surface area contributed by atoms with E-state index in [1.807, 2.05) is 30.3 Å². The number of hydrogen-bond donors (Lipinski definition) is 1. The lowest BCUT2D eigenvalue weighted by atomic mass is 9.96. The van der Waals surface area contributed by atoms with Crippen molar-refractivity contribution in [3.05, 3.63) is 64.6 Å². The number of amides is 1. The van der Waals surface area contributed by atoms with Crippen LogP contribution in [0.15, 0.2) is 59.1 Å². The second kappa shape index (κ2) is 7.75. The molecule has 0 aromatic heterocycles. The first-order chi connectivity index (χ1) is 11.2. The number of anilines is 1. The summed E-state index contributed by atoms with van der Waals surface area (Å²) < 4.78 is 1.02. The van der Waals surface area contributed by atoms with Gasteiger partial charge in [-0.25, -0.2) is 0 Å². The van der Waals surface area contributed by atoms with Crippen LogP contribution in [0.2, 0.25) is 0 Å². The molecular weight excluding hydrogens is 352 g/mol. The van der Waals surface area contributed by atoms with E-state index in [4.69, 9.17) is 0 Å². The van der Waals surface area contributed by atoms with Gasteiger partial charge in [0.25, 0.3) is 0 Å². The molecule has 120 valence electrons. The fraction of sp³-hybridized carbons (Fsp3) is 0.316. The van der Waals surface area contributed by atoms with E-state index in [-0.39, 0.29) is 11.8 Å². The number of rotatable bonds is 4. The predicted octanol–water partition coefficient (Wildman–Crippen LogP) is 4.30. The van der Waals surface area contributed by atoms with Crippen LogP contribution in [0.25, 0.3) is 0 Å². The smallest absolute Gasteiger partial charge is 0.228 e. The molecule has 1 aliphatic heterocycles. The van der Waals surface area contributed by atoms with Crippen LogP contribution < -0.4 is 5.32 Å². The van der Waals surface area contributed by atoms with E-state index in [0.717, 1.165) is 42.6 Å². The molecule has 2 aromatic rings. The van der Waals surface area contributed by atoms with Crippen molar-refractivity contribution in [1.82, 2.24) is 4.90 Å². The van der Waals surface area contributed by atoms with Gasteiger partial charge in [0.15, 0.2) is 0 Å². The molecule has 0 radical (unpaired) electrons. The number of piperidine rings is 1. The molecule has 3 rings (SSSR count). The Labute approximate surface area is 145 Å². The first kappa shape index (κ1) is 16.2. The van der Waals surface area contributed by atoms with Crippen molar-refractivity contribution in [2.45, 2.75) is 19.4 Å². The van der Waals surface area contributed by atoms with E-state index in [1.165, 1.54) is 5.56 Å². The summed E-state index contributed by atoms with van der Waals surface area (Å²) in [6, 6.07) is 18.2. The topological polar surface area (TPSA) is 32.3 Å². The van der Waals surface area contributed by atoms with Crippen LogP contribution in [0.5, 0.6) is 0 Å². The van der Waals surface area contributed by atoms with Gasteiger partial charge in [0.1, 0.15) is 0 Å². The van der Waals surface area contributed by atoms with Crippen LogP contribution >= 0.6 is 15.9 Å². The first-order valence-corrected chi connectivity index (χ1v) is 8.83. The predicted molar refractivity (Wildman–Crippen MR) is 97.2 cm³/mol. The van der Waals surface area contributed by atoms with E-state index in [2.05, 4.69) is 50.4 Å². The molecule has 1 heterocycles. The minimum Gasteiger partial charge on any atom is -0.326 e. The number of benzene rings is 2. The molecule has 1 amide bonds. The maximum atomic E-state index is 12.5. The molecule has 0 spiro atoms. The van der Waals surface area contributed by atoms with Gasteiger partial charge in [-0.1, -0.05) is 46.3 Å². The quantitative estimate of drug-likeness (QED) is 0.867. The third kappa shape index (κ3) is 4.66. The summed E-state index contributed by atoms with van der Waals surface area (Å²) in [5.74, 6) is 0.196. The molecule has 0 saturated carbocycles. The van der Waals surface area contributed by atoms with Gasteiger partial charge in [-0.05, 0) is 49.2 Å². The molecule has 4 heteroatoms. The number of likely N-dealkylation sites (tertiary alicyclic amines) is 1. The minimum atomic E-state index is 0.0658. The standard InChI is InChI=1S/C19H21BrN2O/c20-17-8-10-18(11-9-17)21-19(23)16-7-4-12-22(14-16)13-15-5-2-1-3-6-15/h1-3,5-6,8-11,16H,4,7,12-14H2,(H,21,23). The normalized spacial score (nSPS) is 18.6. The van der Waals surface area contributed by atoms with Gasteiger partial charge >= 0.3 is 0 Å². The molecule has 1 fully saturated rings. The zero-order chi connectivity index (χ0) is 16.1. The summed E-state index contributed by atoms with van der Waals surface area (Å²) in [5.41, 5.74) is 2.17. The van der Waals surface area contributed by atoms with Crippen LogP contribution in [0.1, 0.15) is 18.4 Å². The van der Waals surface area contributed by atoms with Crippen LogP contribution in [-0.2, 0) is 11.3 Å². The molecule has 1 atom stereocenters. The average Bonchev–Trinajstić information content (AvgIpc) is 2.58. The Hall–Kier alpha value is -1.65. The zero-order valence-electron chi connectivity index (χ0n) is 13.0. The third-order valence-corrected chi connectivity index (χ3v) is 4.77. The van der Waals surface area contributed by atoms with E-state index in [9.17, 15) is 4.79 Å². The van der Waals surface area contributed by atoms with Crippen molar-refractivity contribution in [3.63, 3.8) is 0 Å². The maximum Gasteiger partial charge on any atom is 0.228 e. The van der Waals surface area contributed by atoms with Gasteiger partial charge in [0.05, 0.1) is 5.92 Å². The highest BCUT2D eigenvalue weighted by molar-refractivity contribution is 9.10. The molecule has 3 nitrogen and oxygen atoms in total. The highest BCUT2D eigenvalue weighted by Gasteiger charge is 2.25. The van der Waals surface area contributed by atoms with Crippen molar-refractivity contribution in [1.29, 1.82) is 0 Å². The first-order valence-electron chi connectivity index (χ1n) is 8.03. The van der Waals surface area contributed by atoms with Crippen molar-refractivity contribution < 1.29 is 4.79 Å². The van der Waals surface area contributed by atoms with Gasteiger partial charge in [0, 0.05) is 23.2 Å². The Morgan fingerprint density at radius 2 is 1.87 bits per heavy atom. The lowest BCUT2D eigenvalue weighted by molar-refractivity contribution is -0.121. The molecule has 1 N–H and O–H groups in total. The minimum absolute atomic E-state index is 0.0658. The lowest BCUT2D eigenvalue weighted by Gasteiger charge is -2.32. The van der Waals surface area contributed by atoms with E-state index in [1.54, 1.807) is 0 Å². The molecule has 0 aliphatic carbocycles. The molecule has 0 bridgehead atoms. The second-order valence-corrected chi connectivity index (χ2v) is 6.97. The van der Waals surface area contributed by atoms with Crippen LogP contribution in [0, 0.1) is 5.92 Å². The Kier molecular flexibility index (Phi) is 5.47. The second-order valence-electron chi connectivity index (χ2n) is 6.06. The fourth-order valence-electron chi connectivity index (χ4n) is 3.03. The third-order valence-electron chi connectivity index (χ3n) is 4.24. The Morgan fingerprint density at radius 3 is 2.61 bits per heavy atom. The molecule has 2 aromatic carbocycles. The fourth-order valence-corrected chi connectivity index (χ4v) is 3.30. The molecular formula is C19H21BrN2O. The number of nitrogens with zero attached hydrogens (tertiary/aromatic N) is 1. The molecule has 1 saturated heterocycles. The van der Waals surface area contributed by atoms with E-state index >= 15 is 0 Å². The number of halogens is 1. The van der Waals surface area contributed by atoms with Crippen molar-refractivity contribution in [2.24, 2.45) is 5.92 Å². The highest BCUT2D eigenvalue weighted by Crippen LogP contribution is 2.21. The van der Waals surface area contributed by atoms with Gasteiger partial charge in [-0.3, -0.25) is 9.69 Å². The SMILES string of the molecule is O=C(Nc1ccc(Br)cc1)C1CCCN(Cc2ccccc2)C1. The van der Waals surface area contributed by atoms with Gasteiger partial charge in [-0.15, -0.1) is 0 Å². The highest BCUT2D eigenvalue weighted by atomic mass is 79.9. The van der Waals surface area contributed by atoms with E-state index < -0.39 is 0 Å². The number of hydrogen-bond acceptors (Lipinski definition) is 2. The summed E-state index contributed by atoms with van der Waals surface area (Å²) in [7, 11) is 0. The number of nitrogens with one attached hydrogen (secondary N) is 1. The van der Waals surface area contributed by atoms with Gasteiger partial charge in [0.2, 0.25) is 5.91 Å². The average molecular weight is 373 g/mol. The van der Waals surface area contributed by atoms with E-state index in [0.29, 0.717) is 0 Å². The summed E-state index contributed by atoms with van der Waals surface area (Å²) in [4.78, 5) is 14.9. The van der Waals surface area contributed by atoms with Crippen LogP contribution in [0.3, 0.4) is 0 Å². The van der Waals surface area contributed by atoms with Crippen molar-refractivity contribution in [3.8, 4) is 0 Å².